The lowest BCUT2D eigenvalue weighted by Gasteiger charge is -2.51. The largest absolute Gasteiger partial charge is 0.466 e. The van der Waals surface area contributed by atoms with Crippen molar-refractivity contribution >= 4 is 56.4 Å². The van der Waals surface area contributed by atoms with Crippen LogP contribution in [0.3, 0.4) is 0 Å². The van der Waals surface area contributed by atoms with Gasteiger partial charge in [-0.2, -0.15) is 0 Å². The molecule has 252 valence electrons. The SMILES string of the molecule is CCOC(=O)[C@H]1CC[C@H](OC(C(=O)Cc2cc(Cl)c(NC(=O)c3csc4ccccc34)cc2F)(N2CCCCC2)N2CCCC2)CC1. The van der Waals surface area contributed by atoms with Gasteiger partial charge in [0.15, 0.2) is 5.78 Å². The van der Waals surface area contributed by atoms with Gasteiger partial charge in [0.05, 0.1) is 34.9 Å². The Bertz CT molecular complexity index is 1600. The summed E-state index contributed by atoms with van der Waals surface area (Å²) in [5.41, 5.74) is 0.804. The van der Waals surface area contributed by atoms with Gasteiger partial charge < -0.3 is 14.8 Å². The van der Waals surface area contributed by atoms with Crippen molar-refractivity contribution in [3.8, 4) is 0 Å². The zero-order valence-corrected chi connectivity index (χ0v) is 28.5. The number of fused-ring (bicyclic) bond motifs is 1. The lowest BCUT2D eigenvalue weighted by Crippen LogP contribution is -2.68. The van der Waals surface area contributed by atoms with Gasteiger partial charge in [-0.1, -0.05) is 36.2 Å². The molecular formula is C36H43ClFN3O5S. The van der Waals surface area contributed by atoms with Crippen molar-refractivity contribution in [2.75, 3.05) is 38.1 Å². The van der Waals surface area contributed by atoms with Crippen LogP contribution in [0.4, 0.5) is 10.1 Å². The Morgan fingerprint density at radius 2 is 1.64 bits per heavy atom. The number of rotatable bonds is 11. The van der Waals surface area contributed by atoms with E-state index in [0.717, 1.165) is 42.2 Å². The van der Waals surface area contributed by atoms with E-state index in [0.29, 0.717) is 64.0 Å². The van der Waals surface area contributed by atoms with Gasteiger partial charge in [-0.25, -0.2) is 4.39 Å². The maximum atomic E-state index is 15.8. The highest BCUT2D eigenvalue weighted by molar-refractivity contribution is 7.17. The molecule has 2 saturated heterocycles. The molecule has 11 heteroatoms. The number of hydrogen-bond acceptors (Lipinski definition) is 8. The van der Waals surface area contributed by atoms with E-state index >= 15 is 4.39 Å². The summed E-state index contributed by atoms with van der Waals surface area (Å²) in [7, 11) is 0. The molecule has 1 aromatic heterocycles. The minimum atomic E-state index is -1.33. The maximum absolute atomic E-state index is 15.8. The molecule has 1 N–H and O–H groups in total. The van der Waals surface area contributed by atoms with Gasteiger partial charge in [0.1, 0.15) is 5.82 Å². The van der Waals surface area contributed by atoms with Crippen LogP contribution < -0.4 is 5.32 Å². The number of piperidine rings is 1. The van der Waals surface area contributed by atoms with Crippen LogP contribution in [0, 0.1) is 11.7 Å². The molecular weight excluding hydrogens is 641 g/mol. The molecule has 0 bridgehead atoms. The van der Waals surface area contributed by atoms with E-state index in [2.05, 4.69) is 15.1 Å². The Morgan fingerprint density at radius 1 is 0.979 bits per heavy atom. The topological polar surface area (TPSA) is 88.2 Å². The molecule has 3 aliphatic rings. The summed E-state index contributed by atoms with van der Waals surface area (Å²) in [5.74, 6) is -2.86. The van der Waals surface area contributed by atoms with Gasteiger partial charge in [0.25, 0.3) is 5.91 Å². The number of ketones is 1. The molecule has 1 unspecified atom stereocenters. The third-order valence-corrected chi connectivity index (χ3v) is 11.0. The number of esters is 1. The summed E-state index contributed by atoms with van der Waals surface area (Å²) in [5, 5.41) is 5.52. The van der Waals surface area contributed by atoms with E-state index in [1.807, 2.05) is 31.2 Å². The smallest absolute Gasteiger partial charge is 0.308 e. The predicted octanol–water partition coefficient (Wildman–Crippen LogP) is 7.43. The molecule has 47 heavy (non-hydrogen) atoms. The molecule has 1 saturated carbocycles. The third-order valence-electron chi connectivity index (χ3n) is 9.77. The van der Waals surface area contributed by atoms with E-state index in [-0.39, 0.29) is 52.4 Å². The molecule has 0 radical (unpaired) electrons. The highest BCUT2D eigenvalue weighted by atomic mass is 35.5. The van der Waals surface area contributed by atoms with Crippen molar-refractivity contribution in [1.29, 1.82) is 0 Å². The number of likely N-dealkylation sites (tertiary alicyclic amines) is 2. The van der Waals surface area contributed by atoms with Crippen molar-refractivity contribution in [2.24, 2.45) is 5.92 Å². The number of nitrogens with one attached hydrogen (secondary N) is 1. The molecule has 3 fully saturated rings. The van der Waals surface area contributed by atoms with Crippen molar-refractivity contribution in [2.45, 2.75) is 83.1 Å². The number of halogens is 2. The molecule has 3 heterocycles. The molecule has 3 aromatic rings. The van der Waals surface area contributed by atoms with Crippen molar-refractivity contribution in [3.63, 3.8) is 0 Å². The van der Waals surface area contributed by atoms with E-state index in [9.17, 15) is 14.4 Å². The number of nitrogens with zero attached hydrogens (tertiary/aromatic N) is 2. The van der Waals surface area contributed by atoms with E-state index in [4.69, 9.17) is 21.1 Å². The minimum Gasteiger partial charge on any atom is -0.466 e. The summed E-state index contributed by atoms with van der Waals surface area (Å²) in [4.78, 5) is 44.6. The quantitative estimate of drug-likeness (QED) is 0.210. The van der Waals surface area contributed by atoms with Crippen molar-refractivity contribution < 1.29 is 28.2 Å². The molecule has 1 aliphatic carbocycles. The van der Waals surface area contributed by atoms with E-state index in [1.54, 1.807) is 5.38 Å². The van der Waals surface area contributed by atoms with Gasteiger partial charge in [-0.3, -0.25) is 24.2 Å². The summed E-state index contributed by atoms with van der Waals surface area (Å²) >= 11 is 8.10. The standard InChI is InChI=1S/C36H43ClFN3O5S/c1-2-45-35(44)24-12-14-26(15-13-24)46-36(41-18-8-9-19-41,40-16-6-3-7-17-40)33(42)21-25-20-29(37)31(22-30(25)38)39-34(43)28-23-47-32-11-5-4-10-27(28)32/h4-5,10-11,20,22-24,26H,2-3,6-9,12-19,21H2,1H3,(H,39,43)/t24-,26-,36?. The molecule has 1 amide bonds. The Balaban J connectivity index is 1.24. The van der Waals surface area contributed by atoms with Gasteiger partial charge in [-0.15, -0.1) is 11.3 Å². The number of amides is 1. The zero-order valence-electron chi connectivity index (χ0n) is 26.9. The van der Waals surface area contributed by atoms with Crippen LogP contribution in [0.1, 0.15) is 80.6 Å². The maximum Gasteiger partial charge on any atom is 0.308 e. The van der Waals surface area contributed by atoms with E-state index < -0.39 is 11.7 Å². The average molecular weight is 684 g/mol. The van der Waals surface area contributed by atoms with Crippen LogP contribution in [0.25, 0.3) is 10.1 Å². The highest BCUT2D eigenvalue weighted by Gasteiger charge is 2.52. The monoisotopic (exact) mass is 683 g/mol. The normalized spacial score (nSPS) is 22.2. The number of anilines is 1. The van der Waals surface area contributed by atoms with Crippen LogP contribution >= 0.6 is 22.9 Å². The number of ether oxygens (including phenoxy) is 2. The predicted molar refractivity (Wildman–Crippen MR) is 182 cm³/mol. The molecule has 8 nitrogen and oxygen atoms in total. The average Bonchev–Trinajstić information content (AvgIpc) is 3.78. The van der Waals surface area contributed by atoms with Gasteiger partial charge in [0, 0.05) is 48.1 Å². The lowest BCUT2D eigenvalue weighted by molar-refractivity contribution is -0.258. The van der Waals surface area contributed by atoms with Crippen LogP contribution in [0.2, 0.25) is 5.02 Å². The lowest BCUT2D eigenvalue weighted by atomic mass is 9.87. The number of benzene rings is 2. The molecule has 2 aliphatic heterocycles. The number of Topliss-reactive ketones (excluding diaryl/α,β-unsaturated/α-hetero) is 1. The number of hydrogen-bond donors (Lipinski definition) is 1. The van der Waals surface area contributed by atoms with Crippen LogP contribution in [-0.2, 0) is 25.5 Å². The second-order valence-corrected chi connectivity index (χ2v) is 14.1. The number of carbonyl (C=O) groups excluding carboxylic acids is 3. The molecule has 0 spiro atoms. The number of carbonyl (C=O) groups is 3. The van der Waals surface area contributed by atoms with Crippen LogP contribution in [0.15, 0.2) is 41.8 Å². The van der Waals surface area contributed by atoms with Crippen LogP contribution in [0.5, 0.6) is 0 Å². The van der Waals surface area contributed by atoms with Gasteiger partial charge in [-0.05, 0) is 82.1 Å². The van der Waals surface area contributed by atoms with Gasteiger partial charge >= 0.3 is 5.97 Å². The fourth-order valence-electron chi connectivity index (χ4n) is 7.34. The Labute approximate surface area is 284 Å². The second kappa shape index (κ2) is 15.1. The first-order valence-electron chi connectivity index (χ1n) is 16.9. The number of thiophene rings is 1. The fourth-order valence-corrected chi connectivity index (χ4v) is 8.52. The molecule has 6 rings (SSSR count). The van der Waals surface area contributed by atoms with Crippen LogP contribution in [-0.4, -0.2) is 72.2 Å². The van der Waals surface area contributed by atoms with Crippen molar-refractivity contribution in [1.82, 2.24) is 9.80 Å². The Kier molecular flexibility index (Phi) is 10.9. The summed E-state index contributed by atoms with van der Waals surface area (Å²) in [6.45, 7) is 5.03. The molecule has 1 atom stereocenters. The van der Waals surface area contributed by atoms with E-state index in [1.165, 1.54) is 23.5 Å². The van der Waals surface area contributed by atoms with Gasteiger partial charge in [0.2, 0.25) is 5.85 Å². The summed E-state index contributed by atoms with van der Waals surface area (Å²) in [6, 6.07) is 10.3. The van der Waals surface area contributed by atoms with Crippen molar-refractivity contribution in [3.05, 3.63) is 63.7 Å². The first-order chi connectivity index (χ1) is 22.8. The Hall–Kier alpha value is -2.89. The fraction of sp³-hybridized carbons (Fsp3) is 0.528. The minimum absolute atomic E-state index is 0.150. The third kappa shape index (κ3) is 7.27. The first kappa shape index (κ1) is 34.0. The summed E-state index contributed by atoms with van der Waals surface area (Å²) in [6.07, 6.45) is 7.06. The zero-order chi connectivity index (χ0) is 33.0. The first-order valence-corrected chi connectivity index (χ1v) is 18.2. The highest BCUT2D eigenvalue weighted by Crippen LogP contribution is 2.38. The summed E-state index contributed by atoms with van der Waals surface area (Å²) < 4.78 is 29.0. The molecule has 2 aromatic carbocycles. The Morgan fingerprint density at radius 3 is 2.32 bits per heavy atom. The second-order valence-electron chi connectivity index (χ2n) is 12.8.